The van der Waals surface area contributed by atoms with E-state index in [1.165, 1.54) is 5.56 Å². The Bertz CT molecular complexity index is 691. The number of hydrogen-bond donors (Lipinski definition) is 1. The van der Waals surface area contributed by atoms with Crippen LogP contribution in [0.1, 0.15) is 11.1 Å². The maximum Gasteiger partial charge on any atom is 0.230 e. The fraction of sp³-hybridized carbons (Fsp3) is 0.294. The lowest BCUT2D eigenvalue weighted by atomic mass is 10.2. The quantitative estimate of drug-likeness (QED) is 0.761. The minimum absolute atomic E-state index is 0.0193. The molecule has 1 heterocycles. The highest BCUT2D eigenvalue weighted by Gasteiger charge is 2.08. The first kappa shape index (κ1) is 17.8. The first-order valence-corrected chi connectivity index (χ1v) is 9.02. The van der Waals surface area contributed by atoms with Gasteiger partial charge in [0.15, 0.2) is 0 Å². The second-order valence-electron chi connectivity index (χ2n) is 5.36. The van der Waals surface area contributed by atoms with E-state index in [4.69, 9.17) is 0 Å². The number of carbonyl (C=O) groups excluding carboxylic acids is 1. The van der Waals surface area contributed by atoms with Gasteiger partial charge in [-0.2, -0.15) is 0 Å². The van der Waals surface area contributed by atoms with Crippen LogP contribution in [0.5, 0.6) is 0 Å². The largest absolute Gasteiger partial charge is 0.362 e. The number of pyridine rings is 1. The fourth-order valence-electron chi connectivity index (χ4n) is 2.13. The summed E-state index contributed by atoms with van der Waals surface area (Å²) in [5.41, 5.74) is 2.18. The molecule has 0 saturated heterocycles. The minimum Gasteiger partial charge on any atom is -0.362 e. The van der Waals surface area contributed by atoms with Crippen molar-refractivity contribution in [2.45, 2.75) is 18.4 Å². The molecule has 4 nitrogen and oxygen atoms in total. The predicted octanol–water partition coefficient (Wildman–Crippen LogP) is 3.63. The van der Waals surface area contributed by atoms with Gasteiger partial charge in [-0.15, -0.1) is 11.8 Å². The number of aryl methyl sites for hydroxylation is 1. The standard InChI is InChI=1S/C17H20BrN3OS/c1-12-9-14(18)6-7-15(12)23-11-16(22)20-10-13-5-4-8-19-17(13)21(2)3/h4-9H,10-11H2,1-3H3,(H,20,22). The van der Waals surface area contributed by atoms with Crippen molar-refractivity contribution in [2.75, 3.05) is 24.7 Å². The van der Waals surface area contributed by atoms with Gasteiger partial charge in [0.1, 0.15) is 5.82 Å². The normalized spacial score (nSPS) is 10.4. The molecule has 0 atom stereocenters. The minimum atomic E-state index is 0.0193. The summed E-state index contributed by atoms with van der Waals surface area (Å²) in [7, 11) is 3.89. The predicted molar refractivity (Wildman–Crippen MR) is 100 cm³/mol. The Morgan fingerprint density at radius 2 is 2.13 bits per heavy atom. The summed E-state index contributed by atoms with van der Waals surface area (Å²) in [6.45, 7) is 2.53. The highest BCUT2D eigenvalue weighted by atomic mass is 79.9. The number of carbonyl (C=O) groups is 1. The molecule has 2 rings (SSSR count). The lowest BCUT2D eigenvalue weighted by Gasteiger charge is -2.16. The van der Waals surface area contributed by atoms with E-state index < -0.39 is 0 Å². The Kier molecular flexibility index (Phi) is 6.47. The van der Waals surface area contributed by atoms with Crippen LogP contribution in [-0.4, -0.2) is 30.7 Å². The summed E-state index contributed by atoms with van der Waals surface area (Å²) in [5.74, 6) is 1.30. The van der Waals surface area contributed by atoms with Gasteiger partial charge >= 0.3 is 0 Å². The van der Waals surface area contributed by atoms with Gasteiger partial charge in [-0.1, -0.05) is 22.0 Å². The molecule has 23 heavy (non-hydrogen) atoms. The van der Waals surface area contributed by atoms with Crippen molar-refractivity contribution in [1.29, 1.82) is 0 Å². The number of aromatic nitrogens is 1. The molecule has 0 bridgehead atoms. The second kappa shape index (κ2) is 8.36. The molecule has 0 saturated carbocycles. The van der Waals surface area contributed by atoms with Crippen molar-refractivity contribution >= 4 is 39.4 Å². The first-order valence-electron chi connectivity index (χ1n) is 7.24. The van der Waals surface area contributed by atoms with Crippen molar-refractivity contribution in [3.63, 3.8) is 0 Å². The molecule has 1 amide bonds. The zero-order valence-electron chi connectivity index (χ0n) is 13.5. The van der Waals surface area contributed by atoms with Crippen LogP contribution >= 0.6 is 27.7 Å². The third-order valence-electron chi connectivity index (χ3n) is 3.26. The number of rotatable bonds is 6. The highest BCUT2D eigenvalue weighted by molar-refractivity contribution is 9.10. The maximum absolute atomic E-state index is 12.1. The fourth-order valence-corrected chi connectivity index (χ4v) is 3.45. The third kappa shape index (κ3) is 5.25. The monoisotopic (exact) mass is 393 g/mol. The molecular formula is C17H20BrN3OS. The Labute approximate surface area is 149 Å². The molecule has 0 radical (unpaired) electrons. The first-order chi connectivity index (χ1) is 11.0. The summed E-state index contributed by atoms with van der Waals surface area (Å²) >= 11 is 5.00. The van der Waals surface area contributed by atoms with Crippen LogP contribution in [0.2, 0.25) is 0 Å². The van der Waals surface area contributed by atoms with Gasteiger partial charge in [0, 0.05) is 41.8 Å². The number of amides is 1. The Morgan fingerprint density at radius 3 is 2.83 bits per heavy atom. The van der Waals surface area contributed by atoms with E-state index in [2.05, 4.69) is 32.3 Å². The molecule has 0 aliphatic heterocycles. The van der Waals surface area contributed by atoms with E-state index in [1.807, 2.05) is 50.2 Å². The second-order valence-corrected chi connectivity index (χ2v) is 7.29. The third-order valence-corrected chi connectivity index (χ3v) is 4.93. The Morgan fingerprint density at radius 1 is 1.35 bits per heavy atom. The maximum atomic E-state index is 12.1. The lowest BCUT2D eigenvalue weighted by molar-refractivity contribution is -0.118. The highest BCUT2D eigenvalue weighted by Crippen LogP contribution is 2.25. The van der Waals surface area contributed by atoms with E-state index in [0.29, 0.717) is 12.3 Å². The molecule has 6 heteroatoms. The SMILES string of the molecule is Cc1cc(Br)ccc1SCC(=O)NCc1cccnc1N(C)C. The molecule has 0 unspecified atom stereocenters. The molecular weight excluding hydrogens is 374 g/mol. The number of benzene rings is 1. The van der Waals surface area contributed by atoms with Crippen molar-refractivity contribution in [1.82, 2.24) is 10.3 Å². The summed E-state index contributed by atoms with van der Waals surface area (Å²) in [6, 6.07) is 9.94. The van der Waals surface area contributed by atoms with Crippen LogP contribution in [0.4, 0.5) is 5.82 Å². The van der Waals surface area contributed by atoms with Crippen LogP contribution < -0.4 is 10.2 Å². The summed E-state index contributed by atoms with van der Waals surface area (Å²) in [6.07, 6.45) is 1.76. The van der Waals surface area contributed by atoms with Crippen molar-refractivity contribution < 1.29 is 4.79 Å². The summed E-state index contributed by atoms with van der Waals surface area (Å²) in [4.78, 5) is 19.5. The van der Waals surface area contributed by atoms with Gasteiger partial charge in [0.2, 0.25) is 5.91 Å². The van der Waals surface area contributed by atoms with E-state index in [9.17, 15) is 4.79 Å². The molecule has 0 spiro atoms. The van der Waals surface area contributed by atoms with Crippen molar-refractivity contribution in [3.8, 4) is 0 Å². The average Bonchev–Trinajstić information content (AvgIpc) is 2.52. The topological polar surface area (TPSA) is 45.2 Å². The Balaban J connectivity index is 1.88. The van der Waals surface area contributed by atoms with E-state index >= 15 is 0 Å². The van der Waals surface area contributed by atoms with E-state index in [1.54, 1.807) is 18.0 Å². The zero-order valence-corrected chi connectivity index (χ0v) is 15.9. The lowest BCUT2D eigenvalue weighted by Crippen LogP contribution is -2.26. The molecule has 0 aliphatic carbocycles. The summed E-state index contributed by atoms with van der Waals surface area (Å²) < 4.78 is 1.05. The number of nitrogens with zero attached hydrogens (tertiary/aromatic N) is 2. The van der Waals surface area contributed by atoms with Crippen LogP contribution in [-0.2, 0) is 11.3 Å². The number of halogens is 1. The van der Waals surface area contributed by atoms with Crippen LogP contribution in [0.25, 0.3) is 0 Å². The summed E-state index contributed by atoms with van der Waals surface area (Å²) in [5, 5.41) is 2.96. The molecule has 1 aromatic heterocycles. The molecule has 0 fully saturated rings. The van der Waals surface area contributed by atoms with Gasteiger partial charge in [-0.25, -0.2) is 4.98 Å². The Hall–Kier alpha value is -1.53. The molecule has 122 valence electrons. The van der Waals surface area contributed by atoms with Crippen molar-refractivity contribution in [3.05, 3.63) is 52.1 Å². The van der Waals surface area contributed by atoms with E-state index in [-0.39, 0.29) is 5.91 Å². The van der Waals surface area contributed by atoms with Gasteiger partial charge in [0.05, 0.1) is 5.75 Å². The van der Waals surface area contributed by atoms with Gasteiger partial charge in [-0.3, -0.25) is 4.79 Å². The van der Waals surface area contributed by atoms with Crippen LogP contribution in [0.15, 0.2) is 45.9 Å². The van der Waals surface area contributed by atoms with Crippen molar-refractivity contribution in [2.24, 2.45) is 0 Å². The van der Waals surface area contributed by atoms with Gasteiger partial charge in [-0.05, 0) is 36.8 Å². The zero-order chi connectivity index (χ0) is 16.8. The number of nitrogens with one attached hydrogen (secondary N) is 1. The van der Waals surface area contributed by atoms with Gasteiger partial charge in [0.25, 0.3) is 0 Å². The smallest absolute Gasteiger partial charge is 0.230 e. The molecule has 0 aliphatic rings. The number of thioether (sulfide) groups is 1. The number of anilines is 1. The van der Waals surface area contributed by atoms with Crippen LogP contribution in [0, 0.1) is 6.92 Å². The number of hydrogen-bond acceptors (Lipinski definition) is 4. The van der Waals surface area contributed by atoms with Gasteiger partial charge < -0.3 is 10.2 Å². The molecule has 1 aromatic carbocycles. The molecule has 2 aromatic rings. The average molecular weight is 394 g/mol. The van der Waals surface area contributed by atoms with Crippen LogP contribution in [0.3, 0.4) is 0 Å². The molecule has 1 N–H and O–H groups in total. The van der Waals surface area contributed by atoms with E-state index in [0.717, 1.165) is 20.7 Å².